The number of nitrogens with zero attached hydrogens (tertiary/aromatic N) is 3. The molecule has 1 aromatic rings. The maximum absolute atomic E-state index is 5.44. The van der Waals surface area contributed by atoms with Crippen LogP contribution in [0.3, 0.4) is 0 Å². The zero-order valence-electron chi connectivity index (χ0n) is 9.15. The van der Waals surface area contributed by atoms with Crippen LogP contribution in [-0.4, -0.2) is 35.5 Å². The van der Waals surface area contributed by atoms with Crippen LogP contribution in [0.15, 0.2) is 4.52 Å². The minimum absolute atomic E-state index is 0.331. The molecule has 0 saturated carbocycles. The Kier molecular flexibility index (Phi) is 3.38. The summed E-state index contributed by atoms with van der Waals surface area (Å²) in [5.41, 5.74) is 5.44. The van der Waals surface area contributed by atoms with Gasteiger partial charge in [0.1, 0.15) is 0 Å². The van der Waals surface area contributed by atoms with E-state index in [0.29, 0.717) is 18.4 Å². The van der Waals surface area contributed by atoms with E-state index in [-0.39, 0.29) is 0 Å². The fourth-order valence-electron chi connectivity index (χ4n) is 2.07. The highest BCUT2D eigenvalue weighted by atomic mass is 16.5. The first-order valence-electron chi connectivity index (χ1n) is 5.58. The monoisotopic (exact) mass is 208 g/mol. The Labute approximate surface area is 90.3 Å². The molecule has 1 saturated heterocycles. The van der Waals surface area contributed by atoms with Crippen molar-refractivity contribution in [1.29, 1.82) is 0 Å². The van der Waals surface area contributed by atoms with E-state index in [0.717, 1.165) is 26.2 Å². The maximum Gasteiger partial charge on any atom is 0.240 e. The molecule has 5 nitrogen and oxygen atoms in total. The molecule has 2 N–H and O–H groups in total. The second-order valence-electron chi connectivity index (χ2n) is 3.98. The normalized spacial score (nSPS) is 22.9. The molecule has 1 unspecified atom stereocenters. The van der Waals surface area contributed by atoms with Crippen LogP contribution in [0.25, 0.3) is 0 Å². The lowest BCUT2D eigenvalue weighted by Gasteiger charge is -2.29. The van der Waals surface area contributed by atoms with Gasteiger partial charge in [-0.3, -0.25) is 0 Å². The quantitative estimate of drug-likeness (QED) is 0.714. The molecule has 2 rings (SSSR count). The summed E-state index contributed by atoms with van der Waals surface area (Å²) in [4.78, 5) is 6.71. The van der Waals surface area contributed by atoms with Crippen molar-refractivity contribution in [3.8, 4) is 0 Å². The van der Waals surface area contributed by atoms with Gasteiger partial charge in [0.25, 0.3) is 0 Å². The minimum atomic E-state index is 0.331. The lowest BCUT2D eigenvalue weighted by Crippen LogP contribution is -2.36. The van der Waals surface area contributed by atoms with E-state index in [2.05, 4.69) is 21.8 Å². The molecule has 0 aromatic carbocycles. The Morgan fingerprint density at radius 3 is 3.20 bits per heavy atom. The van der Waals surface area contributed by atoms with Gasteiger partial charge >= 0.3 is 0 Å². The molecule has 1 aliphatic rings. The molecule has 1 aromatic heterocycles. The molecular weight excluding hydrogens is 191 g/mol. The maximum atomic E-state index is 5.44. The summed E-state index contributed by atoms with van der Waals surface area (Å²) >= 11 is 0. The highest BCUT2D eigenvalue weighted by molar-refractivity contribution is 6.29. The second-order valence-corrected chi connectivity index (χ2v) is 3.98. The summed E-state index contributed by atoms with van der Waals surface area (Å²) in [7, 11) is 1.10. The van der Waals surface area contributed by atoms with Crippen LogP contribution in [0.5, 0.6) is 0 Å². The van der Waals surface area contributed by atoms with Crippen LogP contribution in [0.4, 0.5) is 0 Å². The topological polar surface area (TPSA) is 68.2 Å². The average Bonchev–Trinajstić information content (AvgIpc) is 2.78. The second kappa shape index (κ2) is 4.76. The smallest absolute Gasteiger partial charge is 0.240 e. The van der Waals surface area contributed by atoms with E-state index in [1.54, 1.807) is 0 Å². The molecule has 2 heterocycles. The first-order chi connectivity index (χ1) is 7.33. The van der Waals surface area contributed by atoms with Crippen LogP contribution in [-0.2, 0) is 6.54 Å². The highest BCUT2D eigenvalue weighted by Gasteiger charge is 2.24. The molecule has 82 valence electrons. The summed E-state index contributed by atoms with van der Waals surface area (Å²) in [5.74, 6) is 1.79. The Morgan fingerprint density at radius 1 is 1.67 bits per heavy atom. The number of rotatable bonds is 3. The molecule has 1 aliphatic heterocycles. The number of hydrogen-bond donors (Lipinski definition) is 1. The predicted octanol–water partition coefficient (Wildman–Crippen LogP) is 0.107. The Hall–Kier alpha value is -0.875. The van der Waals surface area contributed by atoms with Crippen LogP contribution in [0, 0.1) is 0 Å². The highest BCUT2D eigenvalue weighted by Crippen LogP contribution is 2.24. The molecular formula is C9H17BN4O. The standard InChI is InChI=1S/C9H17BN4O/c1-10-14-4-2-3-7(6-14)9-12-8(5-11)15-13-9/h7,10H,2-6,11H2,1H3. The Morgan fingerprint density at radius 2 is 2.53 bits per heavy atom. The third-order valence-electron chi connectivity index (χ3n) is 2.98. The largest absolute Gasteiger partial charge is 0.345 e. The minimum Gasteiger partial charge on any atom is -0.345 e. The molecule has 0 aliphatic carbocycles. The summed E-state index contributed by atoms with van der Waals surface area (Å²) < 4.78 is 5.03. The summed E-state index contributed by atoms with van der Waals surface area (Å²) in [6.07, 6.45) is 2.37. The van der Waals surface area contributed by atoms with Gasteiger partial charge in [-0.15, -0.1) is 0 Å². The van der Waals surface area contributed by atoms with Gasteiger partial charge in [0.2, 0.25) is 13.3 Å². The van der Waals surface area contributed by atoms with Gasteiger partial charge in [-0.05, 0) is 25.9 Å². The summed E-state index contributed by atoms with van der Waals surface area (Å²) in [6, 6.07) is 0. The predicted molar refractivity (Wildman–Crippen MR) is 58.8 cm³/mol. The zero-order valence-corrected chi connectivity index (χ0v) is 9.15. The van der Waals surface area contributed by atoms with Crippen molar-refractivity contribution in [2.45, 2.75) is 32.1 Å². The van der Waals surface area contributed by atoms with E-state index in [1.807, 2.05) is 0 Å². The van der Waals surface area contributed by atoms with Crippen molar-refractivity contribution in [3.05, 3.63) is 11.7 Å². The first kappa shape index (κ1) is 10.6. The lowest BCUT2D eigenvalue weighted by atomic mass is 9.87. The summed E-state index contributed by atoms with van der Waals surface area (Å²) in [6.45, 7) is 4.75. The van der Waals surface area contributed by atoms with Gasteiger partial charge < -0.3 is 15.1 Å². The molecule has 1 fully saturated rings. The molecule has 15 heavy (non-hydrogen) atoms. The van der Waals surface area contributed by atoms with Crippen molar-refractivity contribution < 1.29 is 4.52 Å². The first-order valence-corrected chi connectivity index (χ1v) is 5.58. The van der Waals surface area contributed by atoms with Gasteiger partial charge in [0.15, 0.2) is 5.82 Å². The van der Waals surface area contributed by atoms with E-state index in [4.69, 9.17) is 10.3 Å². The fourth-order valence-corrected chi connectivity index (χ4v) is 2.07. The van der Waals surface area contributed by atoms with E-state index < -0.39 is 0 Å². The molecule has 1 atom stereocenters. The molecule has 0 spiro atoms. The summed E-state index contributed by atoms with van der Waals surface area (Å²) in [5, 5.41) is 3.99. The van der Waals surface area contributed by atoms with Crippen LogP contribution >= 0.6 is 0 Å². The van der Waals surface area contributed by atoms with Gasteiger partial charge in [-0.25, -0.2) is 0 Å². The molecule has 0 amide bonds. The SMILES string of the molecule is CBN1CCCC(c2noc(CN)n2)C1. The van der Waals surface area contributed by atoms with Crippen LogP contribution in [0.2, 0.25) is 6.82 Å². The molecule has 6 heteroatoms. The number of nitrogens with two attached hydrogens (primary N) is 1. The van der Waals surface area contributed by atoms with Crippen molar-refractivity contribution in [3.63, 3.8) is 0 Å². The lowest BCUT2D eigenvalue weighted by molar-refractivity contribution is 0.307. The van der Waals surface area contributed by atoms with E-state index in [9.17, 15) is 0 Å². The average molecular weight is 208 g/mol. The van der Waals surface area contributed by atoms with Crippen LogP contribution in [0.1, 0.15) is 30.5 Å². The Balaban J connectivity index is 2.03. The van der Waals surface area contributed by atoms with Gasteiger partial charge in [-0.2, -0.15) is 4.98 Å². The van der Waals surface area contributed by atoms with E-state index in [1.165, 1.54) is 13.0 Å². The molecule has 0 radical (unpaired) electrons. The number of aromatic nitrogens is 2. The number of piperidine rings is 1. The van der Waals surface area contributed by atoms with Gasteiger partial charge in [0, 0.05) is 5.92 Å². The Bertz CT molecular complexity index is 317. The van der Waals surface area contributed by atoms with Gasteiger partial charge in [0.05, 0.1) is 6.54 Å². The fraction of sp³-hybridized carbons (Fsp3) is 0.778. The van der Waals surface area contributed by atoms with Crippen molar-refractivity contribution >= 4 is 7.41 Å². The third kappa shape index (κ3) is 2.38. The molecule has 0 bridgehead atoms. The van der Waals surface area contributed by atoms with Crippen LogP contribution < -0.4 is 5.73 Å². The third-order valence-corrected chi connectivity index (χ3v) is 2.98. The zero-order chi connectivity index (χ0) is 10.7. The van der Waals surface area contributed by atoms with Crippen molar-refractivity contribution in [1.82, 2.24) is 15.0 Å². The van der Waals surface area contributed by atoms with Gasteiger partial charge in [-0.1, -0.05) is 12.0 Å². The van der Waals surface area contributed by atoms with Crippen molar-refractivity contribution in [2.24, 2.45) is 5.73 Å². The number of hydrogen-bond acceptors (Lipinski definition) is 5. The van der Waals surface area contributed by atoms with E-state index >= 15 is 0 Å². The van der Waals surface area contributed by atoms with Crippen molar-refractivity contribution in [2.75, 3.05) is 13.1 Å².